The van der Waals surface area contributed by atoms with Crippen molar-refractivity contribution in [3.63, 3.8) is 0 Å². The first-order valence-electron chi connectivity index (χ1n) is 14.8. The molecule has 0 radical (unpaired) electrons. The molecule has 3 nitrogen and oxygen atoms in total. The van der Waals surface area contributed by atoms with Gasteiger partial charge in [-0.1, -0.05) is 79.7 Å². The second-order valence-electron chi connectivity index (χ2n) is 11.6. The van der Waals surface area contributed by atoms with Crippen molar-refractivity contribution in [2.75, 3.05) is 0 Å². The lowest BCUT2D eigenvalue weighted by atomic mass is 9.86. The van der Waals surface area contributed by atoms with Crippen molar-refractivity contribution in [3.05, 3.63) is 137 Å². The monoisotopic (exact) mass is 529 g/mol. The van der Waals surface area contributed by atoms with Gasteiger partial charge in [0.1, 0.15) is 6.07 Å². The highest BCUT2D eigenvalue weighted by Crippen LogP contribution is 2.43. The molecule has 198 valence electrons. The van der Waals surface area contributed by atoms with E-state index in [1.54, 1.807) is 0 Å². The van der Waals surface area contributed by atoms with E-state index in [9.17, 15) is 5.26 Å². The Hall–Kier alpha value is -4.81. The molecule has 0 N–H and O–H groups in total. The molecule has 2 aliphatic rings. The summed E-state index contributed by atoms with van der Waals surface area (Å²) in [4.78, 5) is 0. The van der Waals surface area contributed by atoms with E-state index < -0.39 is 0 Å². The zero-order valence-electron chi connectivity index (χ0n) is 23.2. The van der Waals surface area contributed by atoms with E-state index in [0.717, 1.165) is 24.0 Å². The standard InChI is InChI=1S/C38H31N3/c1-25-10-9-17-36-38(25)31-14-6-8-16-34(31)40(36)29-19-21-35-32(23-29)30-20-18-27(26-11-3-2-4-12-26)22-37(30)41(35)33-15-7-5-13-28(33)24-39/h2-8,11-16,18-21,23,25,27H,9-10,17,22H2,1H3. The van der Waals surface area contributed by atoms with E-state index >= 15 is 0 Å². The molecule has 0 aliphatic heterocycles. The summed E-state index contributed by atoms with van der Waals surface area (Å²) in [7, 11) is 0. The minimum atomic E-state index is 0.294. The number of nitriles is 1. The smallest absolute Gasteiger partial charge is 0.101 e. The molecular formula is C38H31N3. The van der Waals surface area contributed by atoms with Crippen LogP contribution in [0, 0.1) is 11.3 Å². The van der Waals surface area contributed by atoms with Crippen molar-refractivity contribution in [2.24, 2.45) is 0 Å². The Morgan fingerprint density at radius 3 is 2.44 bits per heavy atom. The first kappa shape index (κ1) is 24.0. The van der Waals surface area contributed by atoms with E-state index in [1.165, 1.54) is 62.9 Å². The van der Waals surface area contributed by atoms with Crippen LogP contribution in [0.5, 0.6) is 0 Å². The van der Waals surface area contributed by atoms with Crippen molar-refractivity contribution >= 4 is 27.9 Å². The molecule has 0 spiro atoms. The largest absolute Gasteiger partial charge is 0.313 e. The average Bonchev–Trinajstić information content (AvgIpc) is 3.54. The number of benzene rings is 4. The lowest BCUT2D eigenvalue weighted by Gasteiger charge is -2.21. The summed E-state index contributed by atoms with van der Waals surface area (Å²) in [6, 6.07) is 37.1. The van der Waals surface area contributed by atoms with Gasteiger partial charge in [0.15, 0.2) is 0 Å². The molecule has 6 aromatic rings. The van der Waals surface area contributed by atoms with Gasteiger partial charge in [-0.2, -0.15) is 5.26 Å². The molecule has 2 unspecified atom stereocenters. The Balaban J connectivity index is 1.39. The van der Waals surface area contributed by atoms with E-state index in [2.05, 4.69) is 113 Å². The number of hydrogen-bond acceptors (Lipinski definition) is 1. The van der Waals surface area contributed by atoms with Crippen LogP contribution >= 0.6 is 0 Å². The quantitative estimate of drug-likeness (QED) is 0.225. The van der Waals surface area contributed by atoms with Crippen molar-refractivity contribution in [2.45, 2.75) is 44.4 Å². The van der Waals surface area contributed by atoms with Crippen molar-refractivity contribution in [1.82, 2.24) is 9.13 Å². The summed E-state index contributed by atoms with van der Waals surface area (Å²) in [5.41, 5.74) is 12.2. The predicted octanol–water partition coefficient (Wildman–Crippen LogP) is 9.24. The molecule has 2 aromatic heterocycles. The minimum absolute atomic E-state index is 0.294. The van der Waals surface area contributed by atoms with Gasteiger partial charge in [0.05, 0.1) is 22.3 Å². The molecule has 41 heavy (non-hydrogen) atoms. The minimum Gasteiger partial charge on any atom is -0.313 e. The Labute approximate surface area is 240 Å². The zero-order valence-corrected chi connectivity index (χ0v) is 23.2. The van der Waals surface area contributed by atoms with Crippen molar-refractivity contribution in [1.29, 1.82) is 5.26 Å². The van der Waals surface area contributed by atoms with E-state index in [1.807, 2.05) is 18.2 Å². The fourth-order valence-electron chi connectivity index (χ4n) is 7.47. The summed E-state index contributed by atoms with van der Waals surface area (Å²) in [6.45, 7) is 2.38. The van der Waals surface area contributed by atoms with Crippen LogP contribution in [0.25, 0.3) is 39.3 Å². The van der Waals surface area contributed by atoms with Crippen LogP contribution in [0.2, 0.25) is 0 Å². The number of rotatable bonds is 3. The molecule has 2 aliphatic carbocycles. The third-order valence-corrected chi connectivity index (χ3v) is 9.31. The van der Waals surface area contributed by atoms with Gasteiger partial charge in [-0.25, -0.2) is 0 Å². The van der Waals surface area contributed by atoms with Gasteiger partial charge in [0.25, 0.3) is 0 Å². The molecule has 3 heteroatoms. The van der Waals surface area contributed by atoms with Crippen molar-refractivity contribution < 1.29 is 0 Å². The van der Waals surface area contributed by atoms with E-state index in [-0.39, 0.29) is 0 Å². The van der Waals surface area contributed by atoms with Gasteiger partial charge in [-0.3, -0.25) is 0 Å². The number of hydrogen-bond donors (Lipinski definition) is 0. The number of nitrogens with zero attached hydrogens (tertiary/aromatic N) is 3. The molecule has 0 saturated carbocycles. The maximum atomic E-state index is 10.0. The Morgan fingerprint density at radius 1 is 0.780 bits per heavy atom. The van der Waals surface area contributed by atoms with Gasteiger partial charge in [-0.15, -0.1) is 0 Å². The summed E-state index contributed by atoms with van der Waals surface area (Å²) in [5, 5.41) is 12.7. The van der Waals surface area contributed by atoms with E-state index in [4.69, 9.17) is 0 Å². The first-order chi connectivity index (χ1) is 20.2. The second kappa shape index (κ2) is 9.39. The molecular weight excluding hydrogens is 498 g/mol. The van der Waals surface area contributed by atoms with Gasteiger partial charge < -0.3 is 9.13 Å². The SMILES string of the molecule is CC1CCCc2c1c1ccccc1n2-c1ccc2c(c1)c1c(n2-c2ccccc2C#N)CC(c2ccccc2)C=C1. The third kappa shape index (κ3) is 3.64. The van der Waals surface area contributed by atoms with Crippen LogP contribution in [-0.2, 0) is 12.8 Å². The fourth-order valence-corrected chi connectivity index (χ4v) is 7.47. The maximum Gasteiger partial charge on any atom is 0.101 e. The van der Waals surface area contributed by atoms with Crippen molar-refractivity contribution in [3.8, 4) is 17.4 Å². The summed E-state index contributed by atoms with van der Waals surface area (Å²) in [5.74, 6) is 0.866. The lowest BCUT2D eigenvalue weighted by molar-refractivity contribution is 0.581. The fraction of sp³-hybridized carbons (Fsp3) is 0.184. The molecule has 2 atom stereocenters. The maximum absolute atomic E-state index is 10.0. The highest BCUT2D eigenvalue weighted by molar-refractivity contribution is 5.96. The average molecular weight is 530 g/mol. The molecule has 8 rings (SSSR count). The predicted molar refractivity (Wildman–Crippen MR) is 168 cm³/mol. The van der Waals surface area contributed by atoms with Crippen LogP contribution in [0.15, 0.2) is 103 Å². The van der Waals surface area contributed by atoms with Gasteiger partial charge in [0, 0.05) is 39.3 Å². The summed E-state index contributed by atoms with van der Waals surface area (Å²) in [6.07, 6.45) is 9.16. The topological polar surface area (TPSA) is 33.6 Å². The highest BCUT2D eigenvalue weighted by Gasteiger charge is 2.28. The summed E-state index contributed by atoms with van der Waals surface area (Å²) >= 11 is 0. The number of fused-ring (bicyclic) bond motifs is 6. The van der Waals surface area contributed by atoms with Crippen LogP contribution in [0.3, 0.4) is 0 Å². The molecule has 0 amide bonds. The van der Waals surface area contributed by atoms with Crippen LogP contribution < -0.4 is 0 Å². The Kier molecular flexibility index (Phi) is 5.50. The Bertz CT molecular complexity index is 2030. The van der Waals surface area contributed by atoms with Crippen LogP contribution in [-0.4, -0.2) is 9.13 Å². The third-order valence-electron chi connectivity index (χ3n) is 9.31. The molecule has 0 saturated heterocycles. The zero-order chi connectivity index (χ0) is 27.5. The second-order valence-corrected chi connectivity index (χ2v) is 11.6. The number of para-hydroxylation sites is 2. The van der Waals surface area contributed by atoms with Gasteiger partial charge in [0.2, 0.25) is 0 Å². The Morgan fingerprint density at radius 2 is 1.56 bits per heavy atom. The number of aromatic nitrogens is 2. The molecule has 4 aromatic carbocycles. The van der Waals surface area contributed by atoms with Crippen LogP contribution in [0.4, 0.5) is 0 Å². The molecule has 2 heterocycles. The van der Waals surface area contributed by atoms with E-state index in [0.29, 0.717) is 17.4 Å². The van der Waals surface area contributed by atoms with Gasteiger partial charge in [-0.05, 0) is 79.1 Å². The molecule has 0 fully saturated rings. The normalized spacial score (nSPS) is 17.9. The first-order valence-corrected chi connectivity index (χ1v) is 14.8. The number of allylic oxidation sites excluding steroid dienone is 1. The molecule has 0 bridgehead atoms. The highest BCUT2D eigenvalue weighted by atomic mass is 15.0. The van der Waals surface area contributed by atoms with Gasteiger partial charge >= 0.3 is 0 Å². The lowest BCUT2D eigenvalue weighted by Crippen LogP contribution is -2.10. The van der Waals surface area contributed by atoms with Crippen LogP contribution in [0.1, 0.15) is 65.2 Å². The summed E-state index contributed by atoms with van der Waals surface area (Å²) < 4.78 is 4.86.